The Morgan fingerprint density at radius 1 is 0.722 bits per heavy atom. The highest BCUT2D eigenvalue weighted by Gasteiger charge is 2.42. The molecule has 2 fully saturated rings. The summed E-state index contributed by atoms with van der Waals surface area (Å²) in [5.74, 6) is 10.3. The first-order chi connectivity index (χ1) is 17.0. The van der Waals surface area contributed by atoms with Gasteiger partial charge in [0.1, 0.15) is 0 Å². The number of allylic oxidation sites excluding steroid dienone is 1. The predicted molar refractivity (Wildman–Crippen MR) is 163 cm³/mol. The van der Waals surface area contributed by atoms with Crippen molar-refractivity contribution in [3.05, 3.63) is 12.2 Å². The van der Waals surface area contributed by atoms with Crippen molar-refractivity contribution in [2.75, 3.05) is 0 Å². The standard InChI is InChI=1S/C36H68/c1-11-13-33(17-16-26(4)14-12-15-30(8)31(9)18-25(2)3)36-24-35(36)22-29(7)20-27(5)19-28(6)21-34-23-32(34)10/h25-29,31-36H,8,11-24H2,1-7,9-10H3. The highest BCUT2D eigenvalue weighted by atomic mass is 14.5. The minimum atomic E-state index is 0.696. The van der Waals surface area contributed by atoms with Crippen LogP contribution in [0.2, 0.25) is 0 Å². The molecule has 0 saturated heterocycles. The fourth-order valence-electron chi connectivity index (χ4n) is 7.93. The summed E-state index contributed by atoms with van der Waals surface area (Å²) < 4.78 is 0. The maximum absolute atomic E-state index is 4.41. The second-order valence-electron chi connectivity index (χ2n) is 15.2. The smallest absolute Gasteiger partial charge is 0.0232 e. The Balaban J connectivity index is 1.62. The van der Waals surface area contributed by atoms with Gasteiger partial charge >= 0.3 is 0 Å². The number of rotatable bonds is 21. The van der Waals surface area contributed by atoms with Gasteiger partial charge in [-0.15, -0.1) is 0 Å². The molecule has 0 aromatic carbocycles. The molecule has 0 N–H and O–H groups in total. The summed E-state index contributed by atoms with van der Waals surface area (Å²) in [5.41, 5.74) is 1.50. The van der Waals surface area contributed by atoms with E-state index in [0.717, 1.165) is 59.2 Å². The summed E-state index contributed by atoms with van der Waals surface area (Å²) in [6.45, 7) is 26.4. The van der Waals surface area contributed by atoms with E-state index in [1.54, 1.807) is 6.42 Å². The van der Waals surface area contributed by atoms with Gasteiger partial charge in [0.25, 0.3) is 0 Å². The van der Waals surface area contributed by atoms with E-state index in [4.69, 9.17) is 0 Å². The highest BCUT2D eigenvalue weighted by molar-refractivity contribution is 4.99. The molecule has 0 aromatic rings. The number of hydrogen-bond acceptors (Lipinski definition) is 0. The van der Waals surface area contributed by atoms with E-state index in [-0.39, 0.29) is 0 Å². The molecule has 2 saturated carbocycles. The van der Waals surface area contributed by atoms with Crippen molar-refractivity contribution in [2.24, 2.45) is 65.1 Å². The minimum Gasteiger partial charge on any atom is -0.0996 e. The first kappa shape index (κ1) is 32.0. The zero-order valence-electron chi connectivity index (χ0n) is 26.5. The van der Waals surface area contributed by atoms with Crippen LogP contribution >= 0.6 is 0 Å². The highest BCUT2D eigenvalue weighted by Crippen LogP contribution is 2.51. The van der Waals surface area contributed by atoms with Crippen LogP contribution in [0.5, 0.6) is 0 Å². The van der Waals surface area contributed by atoms with Crippen LogP contribution < -0.4 is 0 Å². The van der Waals surface area contributed by atoms with Gasteiger partial charge in [0.15, 0.2) is 0 Å². The molecule has 0 heterocycles. The molecule has 0 heteroatoms. The maximum Gasteiger partial charge on any atom is -0.0232 e. The molecule has 0 aromatic heterocycles. The van der Waals surface area contributed by atoms with Crippen LogP contribution in [0.1, 0.15) is 152 Å². The van der Waals surface area contributed by atoms with Gasteiger partial charge < -0.3 is 0 Å². The van der Waals surface area contributed by atoms with Crippen LogP contribution in [0.4, 0.5) is 0 Å². The Labute approximate surface area is 229 Å². The van der Waals surface area contributed by atoms with Crippen molar-refractivity contribution in [2.45, 2.75) is 152 Å². The fourth-order valence-corrected chi connectivity index (χ4v) is 7.93. The Morgan fingerprint density at radius 2 is 1.33 bits per heavy atom. The van der Waals surface area contributed by atoms with Gasteiger partial charge in [0, 0.05) is 0 Å². The lowest BCUT2D eigenvalue weighted by atomic mass is 9.83. The van der Waals surface area contributed by atoms with E-state index in [0.29, 0.717) is 5.92 Å². The molecule has 2 rings (SSSR count). The lowest BCUT2D eigenvalue weighted by Gasteiger charge is -2.22. The molecular weight excluding hydrogens is 432 g/mol. The van der Waals surface area contributed by atoms with Crippen LogP contribution in [0.25, 0.3) is 0 Å². The molecule has 0 amide bonds. The normalized spacial score (nSPS) is 28.4. The average Bonchev–Trinajstić information content (AvgIpc) is 3.68. The Bertz CT molecular complexity index is 601. The van der Waals surface area contributed by atoms with Crippen LogP contribution in [-0.4, -0.2) is 0 Å². The second kappa shape index (κ2) is 16.0. The van der Waals surface area contributed by atoms with Gasteiger partial charge in [-0.05, 0) is 129 Å². The molecule has 10 atom stereocenters. The second-order valence-corrected chi connectivity index (χ2v) is 15.2. The molecule has 212 valence electrons. The topological polar surface area (TPSA) is 0 Å². The van der Waals surface area contributed by atoms with Gasteiger partial charge in [-0.1, -0.05) is 100 Å². The van der Waals surface area contributed by atoms with Crippen molar-refractivity contribution in [1.29, 1.82) is 0 Å². The summed E-state index contributed by atoms with van der Waals surface area (Å²) in [6.07, 6.45) is 20.0. The summed E-state index contributed by atoms with van der Waals surface area (Å²) in [7, 11) is 0. The van der Waals surface area contributed by atoms with Crippen LogP contribution in [0.3, 0.4) is 0 Å². The Morgan fingerprint density at radius 3 is 1.89 bits per heavy atom. The Kier molecular flexibility index (Phi) is 14.2. The van der Waals surface area contributed by atoms with Crippen molar-refractivity contribution in [1.82, 2.24) is 0 Å². The van der Waals surface area contributed by atoms with E-state index in [2.05, 4.69) is 68.9 Å². The molecular formula is C36H68. The largest absolute Gasteiger partial charge is 0.0996 e. The third kappa shape index (κ3) is 12.5. The van der Waals surface area contributed by atoms with Gasteiger partial charge in [-0.2, -0.15) is 0 Å². The van der Waals surface area contributed by atoms with E-state index in [1.165, 1.54) is 89.0 Å². The van der Waals surface area contributed by atoms with Gasteiger partial charge in [0.05, 0.1) is 0 Å². The summed E-state index contributed by atoms with van der Waals surface area (Å²) >= 11 is 0. The summed E-state index contributed by atoms with van der Waals surface area (Å²) in [4.78, 5) is 0. The third-order valence-electron chi connectivity index (χ3n) is 10.3. The molecule has 0 spiro atoms. The van der Waals surface area contributed by atoms with Crippen LogP contribution in [-0.2, 0) is 0 Å². The molecule has 0 radical (unpaired) electrons. The van der Waals surface area contributed by atoms with E-state index in [9.17, 15) is 0 Å². The van der Waals surface area contributed by atoms with Crippen molar-refractivity contribution >= 4 is 0 Å². The van der Waals surface area contributed by atoms with Gasteiger partial charge in [-0.3, -0.25) is 0 Å². The minimum absolute atomic E-state index is 0.696. The molecule has 2 aliphatic rings. The molecule has 0 aliphatic heterocycles. The Hall–Kier alpha value is -0.260. The van der Waals surface area contributed by atoms with Gasteiger partial charge in [0.2, 0.25) is 0 Å². The number of hydrogen-bond donors (Lipinski definition) is 0. The van der Waals surface area contributed by atoms with E-state index in [1.807, 2.05) is 0 Å². The predicted octanol–water partition coefficient (Wildman–Crippen LogP) is 12.0. The van der Waals surface area contributed by atoms with Crippen molar-refractivity contribution in [3.63, 3.8) is 0 Å². The van der Waals surface area contributed by atoms with E-state index >= 15 is 0 Å². The average molecular weight is 501 g/mol. The molecule has 10 unspecified atom stereocenters. The first-order valence-electron chi connectivity index (χ1n) is 16.7. The third-order valence-corrected chi connectivity index (χ3v) is 10.3. The summed E-state index contributed by atoms with van der Waals surface area (Å²) in [6, 6.07) is 0. The molecule has 2 aliphatic carbocycles. The fraction of sp³-hybridized carbons (Fsp3) is 0.944. The zero-order valence-corrected chi connectivity index (χ0v) is 26.5. The first-order valence-corrected chi connectivity index (χ1v) is 16.7. The lowest BCUT2D eigenvalue weighted by Crippen LogP contribution is -2.11. The zero-order chi connectivity index (χ0) is 26.8. The van der Waals surface area contributed by atoms with Crippen LogP contribution in [0, 0.1) is 65.1 Å². The monoisotopic (exact) mass is 501 g/mol. The molecule has 36 heavy (non-hydrogen) atoms. The lowest BCUT2D eigenvalue weighted by molar-refractivity contribution is 0.291. The van der Waals surface area contributed by atoms with E-state index < -0.39 is 0 Å². The summed E-state index contributed by atoms with van der Waals surface area (Å²) in [5, 5.41) is 0. The van der Waals surface area contributed by atoms with Crippen molar-refractivity contribution in [3.8, 4) is 0 Å². The molecule has 0 nitrogen and oxygen atoms in total. The van der Waals surface area contributed by atoms with Crippen molar-refractivity contribution < 1.29 is 0 Å². The SMILES string of the molecule is C=C(CCCC(C)CCC(CCC)C1CC1CC(C)CC(C)CC(C)CC1CC1C)C(C)CC(C)C. The maximum atomic E-state index is 4.41. The molecule has 0 bridgehead atoms. The van der Waals surface area contributed by atoms with Gasteiger partial charge in [-0.25, -0.2) is 0 Å². The van der Waals surface area contributed by atoms with Crippen LogP contribution in [0.15, 0.2) is 12.2 Å². The quantitative estimate of drug-likeness (QED) is 0.137.